The number of carbonyl (C=O) groups is 1. The van der Waals surface area contributed by atoms with Crippen LogP contribution >= 0.6 is 0 Å². The first-order valence-electron chi connectivity index (χ1n) is 7.33. The standard InChI is InChI=1S/C18H23NO3/c1-17(2,3)12-8-10(9-13(19-12)18(4,5)6)7-11-14(20)16(22)15(11)21/h7-9,20,22H,1-6H3/b11-7+. The molecule has 22 heavy (non-hydrogen) atoms. The summed E-state index contributed by atoms with van der Waals surface area (Å²) in [5.74, 6) is -1.42. The molecule has 4 nitrogen and oxygen atoms in total. The van der Waals surface area contributed by atoms with Crippen molar-refractivity contribution in [3.63, 3.8) is 0 Å². The number of aliphatic hydroxyl groups excluding tert-OH is 2. The fraction of sp³-hybridized carbons (Fsp3) is 0.444. The Kier molecular flexibility index (Phi) is 3.68. The molecule has 2 rings (SSSR count). The van der Waals surface area contributed by atoms with E-state index in [0.717, 1.165) is 17.0 Å². The van der Waals surface area contributed by atoms with Gasteiger partial charge in [-0.05, 0) is 23.8 Å². The summed E-state index contributed by atoms with van der Waals surface area (Å²) >= 11 is 0. The first-order valence-corrected chi connectivity index (χ1v) is 7.33. The fourth-order valence-electron chi connectivity index (χ4n) is 2.11. The number of pyridine rings is 1. The molecule has 0 fully saturated rings. The van der Waals surface area contributed by atoms with Crippen LogP contribution in [0.3, 0.4) is 0 Å². The van der Waals surface area contributed by atoms with Crippen molar-refractivity contribution in [1.29, 1.82) is 0 Å². The maximum absolute atomic E-state index is 11.6. The van der Waals surface area contributed by atoms with Crippen molar-refractivity contribution < 1.29 is 15.0 Å². The number of Topliss-reactive ketones (excluding diaryl/α,β-unsaturated/α-hetero) is 1. The predicted octanol–water partition coefficient (Wildman–Crippen LogP) is 3.97. The Morgan fingerprint density at radius 3 is 1.73 bits per heavy atom. The molecule has 0 aromatic carbocycles. The second-order valence-electron chi connectivity index (χ2n) is 7.76. The van der Waals surface area contributed by atoms with E-state index in [0.29, 0.717) is 0 Å². The highest BCUT2D eigenvalue weighted by molar-refractivity contribution is 6.19. The van der Waals surface area contributed by atoms with Crippen molar-refractivity contribution in [3.05, 3.63) is 46.2 Å². The van der Waals surface area contributed by atoms with Crippen molar-refractivity contribution in [2.24, 2.45) is 0 Å². The molecule has 4 heteroatoms. The predicted molar refractivity (Wildman–Crippen MR) is 86.9 cm³/mol. The molecule has 1 aliphatic carbocycles. The Bertz CT molecular complexity index is 666. The molecule has 0 saturated carbocycles. The maximum atomic E-state index is 11.6. The molecule has 0 unspecified atom stereocenters. The van der Waals surface area contributed by atoms with Crippen LogP contribution in [0.4, 0.5) is 0 Å². The lowest BCUT2D eigenvalue weighted by atomic mass is 9.85. The molecule has 1 heterocycles. The lowest BCUT2D eigenvalue weighted by molar-refractivity contribution is -0.116. The molecule has 0 radical (unpaired) electrons. The largest absolute Gasteiger partial charge is 0.504 e. The van der Waals surface area contributed by atoms with Crippen LogP contribution < -0.4 is 0 Å². The minimum atomic E-state index is -0.563. The monoisotopic (exact) mass is 301 g/mol. The van der Waals surface area contributed by atoms with Crippen LogP contribution in [-0.4, -0.2) is 21.0 Å². The van der Waals surface area contributed by atoms with Crippen LogP contribution in [0.25, 0.3) is 6.08 Å². The summed E-state index contributed by atoms with van der Waals surface area (Å²) in [5.41, 5.74) is 2.53. The summed E-state index contributed by atoms with van der Waals surface area (Å²) < 4.78 is 0. The molecule has 1 aliphatic rings. The van der Waals surface area contributed by atoms with Gasteiger partial charge in [0.15, 0.2) is 5.76 Å². The first kappa shape index (κ1) is 16.3. The maximum Gasteiger partial charge on any atom is 0.235 e. The van der Waals surface area contributed by atoms with Crippen LogP contribution in [0.2, 0.25) is 0 Å². The zero-order valence-electron chi connectivity index (χ0n) is 14.0. The van der Waals surface area contributed by atoms with E-state index in [1.807, 2.05) is 12.1 Å². The van der Waals surface area contributed by atoms with E-state index in [2.05, 4.69) is 41.5 Å². The summed E-state index contributed by atoms with van der Waals surface area (Å²) in [7, 11) is 0. The van der Waals surface area contributed by atoms with Gasteiger partial charge in [-0.25, -0.2) is 0 Å². The molecule has 0 bridgehead atoms. The smallest absolute Gasteiger partial charge is 0.235 e. The van der Waals surface area contributed by atoms with E-state index in [1.165, 1.54) is 0 Å². The summed E-state index contributed by atoms with van der Waals surface area (Å²) in [5, 5.41) is 18.8. The quantitative estimate of drug-likeness (QED) is 0.770. The van der Waals surface area contributed by atoms with Gasteiger partial charge in [0.05, 0.1) is 5.57 Å². The zero-order valence-corrected chi connectivity index (χ0v) is 14.0. The van der Waals surface area contributed by atoms with Crippen molar-refractivity contribution in [2.45, 2.75) is 52.4 Å². The number of aromatic nitrogens is 1. The zero-order chi connectivity index (χ0) is 16.9. The lowest BCUT2D eigenvalue weighted by Crippen LogP contribution is -2.22. The Morgan fingerprint density at radius 1 is 0.909 bits per heavy atom. The highest BCUT2D eigenvalue weighted by atomic mass is 16.3. The van der Waals surface area contributed by atoms with Gasteiger partial charge in [0, 0.05) is 22.2 Å². The summed E-state index contributed by atoms with van der Waals surface area (Å²) in [6.07, 6.45) is 1.60. The second-order valence-corrected chi connectivity index (χ2v) is 7.76. The number of hydrogen-bond donors (Lipinski definition) is 2. The molecule has 0 atom stereocenters. The third-order valence-corrected chi connectivity index (χ3v) is 3.63. The number of carbonyl (C=O) groups excluding carboxylic acids is 1. The van der Waals surface area contributed by atoms with Gasteiger partial charge in [0.2, 0.25) is 11.5 Å². The summed E-state index contributed by atoms with van der Waals surface area (Å²) in [4.78, 5) is 16.3. The average molecular weight is 301 g/mol. The molecule has 0 amide bonds. The number of hydrogen-bond acceptors (Lipinski definition) is 4. The fourth-order valence-corrected chi connectivity index (χ4v) is 2.11. The van der Waals surface area contributed by atoms with E-state index in [1.54, 1.807) is 6.08 Å². The Labute approximate surface area is 131 Å². The number of rotatable bonds is 1. The molecule has 0 aliphatic heterocycles. The molecule has 118 valence electrons. The highest BCUT2D eigenvalue weighted by Gasteiger charge is 2.33. The Balaban J connectivity index is 2.58. The number of nitrogens with zero attached hydrogens (tertiary/aromatic N) is 1. The van der Waals surface area contributed by atoms with Crippen molar-refractivity contribution in [1.82, 2.24) is 4.98 Å². The second kappa shape index (κ2) is 4.97. The Morgan fingerprint density at radius 2 is 1.36 bits per heavy atom. The van der Waals surface area contributed by atoms with Crippen LogP contribution in [0.1, 0.15) is 58.5 Å². The molecule has 0 saturated heterocycles. The van der Waals surface area contributed by atoms with Crippen molar-refractivity contribution in [2.75, 3.05) is 0 Å². The minimum Gasteiger partial charge on any atom is -0.504 e. The number of ketones is 1. The molecular weight excluding hydrogens is 278 g/mol. The van der Waals surface area contributed by atoms with Crippen LogP contribution in [0.5, 0.6) is 0 Å². The number of allylic oxidation sites excluding steroid dienone is 2. The average Bonchev–Trinajstić information content (AvgIpc) is 2.41. The van der Waals surface area contributed by atoms with E-state index in [-0.39, 0.29) is 22.2 Å². The molecular formula is C18H23NO3. The third kappa shape index (κ3) is 2.91. The SMILES string of the molecule is CC(C)(C)c1cc(/C=C2/C(=O)C(O)=C2O)cc(C(C)(C)C)n1. The van der Waals surface area contributed by atoms with Gasteiger partial charge < -0.3 is 10.2 Å². The van der Waals surface area contributed by atoms with Gasteiger partial charge in [-0.15, -0.1) is 0 Å². The molecule has 1 aromatic heterocycles. The lowest BCUT2D eigenvalue weighted by Gasteiger charge is -2.24. The van der Waals surface area contributed by atoms with Gasteiger partial charge >= 0.3 is 0 Å². The minimum absolute atomic E-state index is 0.127. The van der Waals surface area contributed by atoms with Crippen LogP contribution in [0.15, 0.2) is 29.2 Å². The first-order chi connectivity index (χ1) is 9.91. The summed E-state index contributed by atoms with van der Waals surface area (Å²) in [6, 6.07) is 3.83. The summed E-state index contributed by atoms with van der Waals surface area (Å²) in [6.45, 7) is 12.5. The topological polar surface area (TPSA) is 70.4 Å². The van der Waals surface area contributed by atoms with Crippen LogP contribution in [0, 0.1) is 0 Å². The Hall–Kier alpha value is -2.10. The van der Waals surface area contributed by atoms with Crippen LogP contribution in [-0.2, 0) is 15.6 Å². The van der Waals surface area contributed by atoms with Gasteiger partial charge in [0.25, 0.3) is 0 Å². The van der Waals surface area contributed by atoms with E-state index in [9.17, 15) is 15.0 Å². The molecule has 2 N–H and O–H groups in total. The van der Waals surface area contributed by atoms with Crippen molar-refractivity contribution in [3.8, 4) is 0 Å². The number of aliphatic hydroxyl groups is 2. The van der Waals surface area contributed by atoms with Gasteiger partial charge in [-0.2, -0.15) is 0 Å². The van der Waals surface area contributed by atoms with Gasteiger partial charge in [0.1, 0.15) is 0 Å². The highest BCUT2D eigenvalue weighted by Crippen LogP contribution is 2.31. The van der Waals surface area contributed by atoms with E-state index in [4.69, 9.17) is 4.98 Å². The van der Waals surface area contributed by atoms with Gasteiger partial charge in [-0.3, -0.25) is 9.78 Å². The third-order valence-electron chi connectivity index (χ3n) is 3.63. The normalized spacial score (nSPS) is 17.9. The van der Waals surface area contributed by atoms with E-state index >= 15 is 0 Å². The molecule has 1 aromatic rings. The van der Waals surface area contributed by atoms with Gasteiger partial charge in [-0.1, -0.05) is 41.5 Å². The van der Waals surface area contributed by atoms with E-state index < -0.39 is 11.5 Å². The molecule has 0 spiro atoms. The van der Waals surface area contributed by atoms with Crippen molar-refractivity contribution >= 4 is 11.9 Å².